The van der Waals surface area contributed by atoms with Gasteiger partial charge >= 0.3 is 0 Å². The summed E-state index contributed by atoms with van der Waals surface area (Å²) in [5.74, 6) is 0.766. The fourth-order valence-corrected chi connectivity index (χ4v) is 4.64. The quantitative estimate of drug-likeness (QED) is 0.0988. The molecule has 1 aromatic heterocycles. The molecule has 0 atom stereocenters. The van der Waals surface area contributed by atoms with Crippen molar-refractivity contribution < 1.29 is 13.2 Å². The lowest BCUT2D eigenvalue weighted by Gasteiger charge is -2.23. The summed E-state index contributed by atoms with van der Waals surface area (Å²) in [6, 6.07) is 3.68. The second-order valence-corrected chi connectivity index (χ2v) is 9.56. The lowest BCUT2D eigenvalue weighted by Crippen LogP contribution is -2.38. The number of guanidine groups is 1. The van der Waals surface area contributed by atoms with Crippen molar-refractivity contribution in [2.75, 3.05) is 31.3 Å². The molecular weight excluding hydrogens is 440 g/mol. The zero-order chi connectivity index (χ0) is 23.7. The van der Waals surface area contributed by atoms with Crippen LogP contribution >= 0.6 is 0 Å². The Hall–Kier alpha value is -2.22. The molecule has 184 valence electrons. The molecule has 1 aliphatic carbocycles. The molecule has 1 fully saturated rings. The van der Waals surface area contributed by atoms with Gasteiger partial charge in [-0.25, -0.2) is 8.42 Å². The number of hydrogen-bond acceptors (Lipinski definition) is 6. The predicted octanol–water partition coefficient (Wildman–Crippen LogP) is 3.41. The number of rotatable bonds is 15. The summed E-state index contributed by atoms with van der Waals surface area (Å²) >= 11 is 0. The van der Waals surface area contributed by atoms with Crippen LogP contribution in [0.15, 0.2) is 29.5 Å². The molecule has 0 aromatic carbocycles. The highest BCUT2D eigenvalue weighted by atomic mass is 32.2. The topological polar surface area (TPSA) is 125 Å². The van der Waals surface area contributed by atoms with Crippen LogP contribution in [0.5, 0.6) is 0 Å². The first-order valence-corrected chi connectivity index (χ1v) is 13.1. The molecule has 9 nitrogen and oxygen atoms in total. The Morgan fingerprint density at radius 1 is 1.09 bits per heavy atom. The van der Waals surface area contributed by atoms with Crippen molar-refractivity contribution in [1.29, 1.82) is 5.26 Å². The maximum atomic E-state index is 11.5. The van der Waals surface area contributed by atoms with E-state index in [0.717, 1.165) is 44.2 Å². The van der Waals surface area contributed by atoms with Crippen LogP contribution in [0.2, 0.25) is 0 Å². The minimum Gasteiger partial charge on any atom is -0.369 e. The van der Waals surface area contributed by atoms with Gasteiger partial charge < -0.3 is 15.4 Å². The van der Waals surface area contributed by atoms with E-state index < -0.39 is 10.9 Å². The highest BCUT2D eigenvalue weighted by Crippen LogP contribution is 2.23. The van der Waals surface area contributed by atoms with Crippen molar-refractivity contribution >= 4 is 22.5 Å². The summed E-state index contributed by atoms with van der Waals surface area (Å²) < 4.78 is 30.1. The van der Waals surface area contributed by atoms with Crippen LogP contribution in [0, 0.1) is 17.4 Å². The van der Waals surface area contributed by atoms with Crippen LogP contribution in [-0.2, 0) is 15.6 Å². The zero-order valence-corrected chi connectivity index (χ0v) is 20.4. The predicted molar refractivity (Wildman–Crippen MR) is 131 cm³/mol. The lowest BCUT2D eigenvalue weighted by molar-refractivity contribution is 0.0392. The number of nitrogens with two attached hydrogens (primary N) is 1. The van der Waals surface area contributed by atoms with Gasteiger partial charge in [0.15, 0.2) is 0 Å². The van der Waals surface area contributed by atoms with E-state index >= 15 is 0 Å². The molecule has 2 rings (SSSR count). The lowest BCUT2D eigenvalue weighted by atomic mass is 9.90. The summed E-state index contributed by atoms with van der Waals surface area (Å²) in [5.41, 5.74) is 6.80. The van der Waals surface area contributed by atoms with Gasteiger partial charge in [-0.2, -0.15) is 9.57 Å². The second-order valence-electron chi connectivity index (χ2n) is 8.52. The van der Waals surface area contributed by atoms with Gasteiger partial charge in [-0.1, -0.05) is 44.9 Å². The van der Waals surface area contributed by atoms with E-state index in [0.29, 0.717) is 25.6 Å². The van der Waals surface area contributed by atoms with Gasteiger partial charge in [0.1, 0.15) is 6.73 Å². The Morgan fingerprint density at radius 2 is 1.73 bits per heavy atom. The van der Waals surface area contributed by atoms with E-state index in [1.54, 1.807) is 18.6 Å². The van der Waals surface area contributed by atoms with Gasteiger partial charge in [-0.3, -0.25) is 4.98 Å². The minimum absolute atomic E-state index is 0.172. The first-order valence-electron chi connectivity index (χ1n) is 12.0. The molecule has 0 spiro atoms. The first kappa shape index (κ1) is 27.0. The molecular formula is C23H38N6O3S. The molecule has 0 aliphatic heterocycles. The third kappa shape index (κ3) is 11.0. The Bertz CT molecular complexity index is 798. The standard InChI is InChI=1S/C23H38N6O3S/c24-19-27-23(25)29(22-12-14-26-15-13-22)17-9-4-2-1-3-8-16-28(33(30)31)20-32-18-21-10-6-5-7-11-21/h12-15,21,33H,1-11,16-18,20H2,(H2,25,27). The molecule has 1 aliphatic rings. The zero-order valence-electron chi connectivity index (χ0n) is 19.5. The number of nitriles is 1. The molecule has 0 amide bonds. The van der Waals surface area contributed by atoms with Crippen LogP contribution in [0.25, 0.3) is 0 Å². The summed E-state index contributed by atoms with van der Waals surface area (Å²) in [7, 11) is -2.61. The maximum absolute atomic E-state index is 11.5. The van der Waals surface area contributed by atoms with Crippen molar-refractivity contribution in [2.45, 2.75) is 70.6 Å². The van der Waals surface area contributed by atoms with Crippen molar-refractivity contribution in [3.05, 3.63) is 24.5 Å². The molecule has 0 unspecified atom stereocenters. The Kier molecular flexibility index (Phi) is 13.4. The average Bonchev–Trinajstić information content (AvgIpc) is 2.83. The summed E-state index contributed by atoms with van der Waals surface area (Å²) in [4.78, 5) is 9.49. The summed E-state index contributed by atoms with van der Waals surface area (Å²) in [5, 5.41) is 8.80. The van der Waals surface area contributed by atoms with Crippen molar-refractivity contribution in [3.63, 3.8) is 0 Å². The van der Waals surface area contributed by atoms with E-state index in [1.807, 2.05) is 17.0 Å². The van der Waals surface area contributed by atoms with Gasteiger partial charge in [-0.15, -0.1) is 4.99 Å². The van der Waals surface area contributed by atoms with E-state index in [-0.39, 0.29) is 12.7 Å². The number of unbranched alkanes of at least 4 members (excludes halogenated alkanes) is 5. The van der Waals surface area contributed by atoms with Crippen molar-refractivity contribution in [3.8, 4) is 6.19 Å². The monoisotopic (exact) mass is 478 g/mol. The molecule has 1 aromatic rings. The number of aromatic nitrogens is 1. The highest BCUT2D eigenvalue weighted by Gasteiger charge is 2.15. The molecule has 33 heavy (non-hydrogen) atoms. The second kappa shape index (κ2) is 16.4. The average molecular weight is 479 g/mol. The number of hydrogen-bond donors (Lipinski definition) is 2. The third-order valence-corrected chi connectivity index (χ3v) is 6.79. The Labute approximate surface area is 199 Å². The molecule has 2 N–H and O–H groups in total. The number of pyridine rings is 1. The number of aliphatic imine (C=N–C) groups is 1. The van der Waals surface area contributed by atoms with E-state index in [1.165, 1.54) is 36.4 Å². The summed E-state index contributed by atoms with van der Waals surface area (Å²) in [6.45, 7) is 2.02. The largest absolute Gasteiger partial charge is 0.369 e. The van der Waals surface area contributed by atoms with Crippen LogP contribution in [0.3, 0.4) is 0 Å². The maximum Gasteiger partial charge on any atom is 0.211 e. The Morgan fingerprint density at radius 3 is 2.36 bits per heavy atom. The Balaban J connectivity index is 1.58. The number of thiol groups is 1. The molecule has 0 saturated heterocycles. The van der Waals surface area contributed by atoms with Crippen LogP contribution in [0.4, 0.5) is 5.69 Å². The molecule has 1 heterocycles. The molecule has 10 heteroatoms. The first-order chi connectivity index (χ1) is 16.1. The van der Waals surface area contributed by atoms with Crippen LogP contribution in [0.1, 0.15) is 70.6 Å². The number of anilines is 1. The molecule has 0 radical (unpaired) electrons. The van der Waals surface area contributed by atoms with Crippen molar-refractivity contribution in [2.24, 2.45) is 16.6 Å². The number of nitrogens with zero attached hydrogens (tertiary/aromatic N) is 5. The van der Waals surface area contributed by atoms with Gasteiger partial charge in [0, 0.05) is 31.2 Å². The number of ether oxygens (including phenoxy) is 1. The van der Waals surface area contributed by atoms with Gasteiger partial charge in [0.25, 0.3) is 0 Å². The smallest absolute Gasteiger partial charge is 0.211 e. The molecule has 1 saturated carbocycles. The normalized spacial score (nSPS) is 15.1. The fourth-order valence-electron chi connectivity index (χ4n) is 4.15. The molecule has 0 bridgehead atoms. The van der Waals surface area contributed by atoms with Gasteiger partial charge in [-0.05, 0) is 43.7 Å². The SMILES string of the molecule is N#CN=C(N)N(CCCCCCCCN(COCC1CCCCC1)[SH](=O)=O)c1ccncc1. The summed E-state index contributed by atoms with van der Waals surface area (Å²) in [6.07, 6.45) is 17.2. The van der Waals surface area contributed by atoms with E-state index in [9.17, 15) is 8.42 Å². The van der Waals surface area contributed by atoms with Gasteiger partial charge in [0.2, 0.25) is 23.0 Å². The van der Waals surface area contributed by atoms with Gasteiger partial charge in [0.05, 0.1) is 6.61 Å². The van der Waals surface area contributed by atoms with E-state index in [4.69, 9.17) is 15.7 Å². The highest BCUT2D eigenvalue weighted by molar-refractivity contribution is 7.69. The van der Waals surface area contributed by atoms with Crippen LogP contribution in [-0.4, -0.2) is 50.1 Å². The fraction of sp³-hybridized carbons (Fsp3) is 0.696. The van der Waals surface area contributed by atoms with Crippen molar-refractivity contribution in [1.82, 2.24) is 9.29 Å². The van der Waals surface area contributed by atoms with E-state index in [2.05, 4.69) is 9.98 Å². The minimum atomic E-state index is -2.61. The third-order valence-electron chi connectivity index (χ3n) is 6.01. The van der Waals surface area contributed by atoms with Crippen LogP contribution < -0.4 is 10.6 Å².